The highest BCUT2D eigenvalue weighted by Crippen LogP contribution is 2.30. The van der Waals surface area contributed by atoms with Crippen molar-refractivity contribution in [1.82, 2.24) is 5.32 Å². The van der Waals surface area contributed by atoms with Gasteiger partial charge in [-0.15, -0.1) is 0 Å². The quantitative estimate of drug-likeness (QED) is 0.923. The molecule has 3 rings (SSSR count). The van der Waals surface area contributed by atoms with E-state index in [-0.39, 0.29) is 17.9 Å². The molecule has 120 valence electrons. The molecule has 0 spiro atoms. The van der Waals surface area contributed by atoms with Crippen LogP contribution in [0.5, 0.6) is 11.5 Å². The third kappa shape index (κ3) is 3.65. The number of benzene rings is 2. The molecular formula is C19H21NO3. The second-order valence-corrected chi connectivity index (χ2v) is 5.61. The molecule has 0 saturated heterocycles. The molecule has 1 heterocycles. The van der Waals surface area contributed by atoms with Crippen LogP contribution in [0.2, 0.25) is 0 Å². The molecule has 0 saturated carbocycles. The zero-order valence-corrected chi connectivity index (χ0v) is 13.2. The van der Waals surface area contributed by atoms with Crippen molar-refractivity contribution in [3.8, 4) is 11.5 Å². The zero-order valence-electron chi connectivity index (χ0n) is 13.2. The fourth-order valence-electron chi connectivity index (χ4n) is 2.76. The van der Waals surface area contributed by atoms with Crippen LogP contribution in [-0.4, -0.2) is 25.2 Å². The first-order chi connectivity index (χ1) is 11.3. The molecule has 0 aromatic heterocycles. The Labute approximate surface area is 136 Å². The van der Waals surface area contributed by atoms with Gasteiger partial charge in [-0.05, 0) is 24.1 Å². The Hall–Kier alpha value is -2.49. The van der Waals surface area contributed by atoms with Crippen molar-refractivity contribution < 1.29 is 14.3 Å². The second-order valence-electron chi connectivity index (χ2n) is 5.61. The third-order valence-corrected chi connectivity index (χ3v) is 4.00. The van der Waals surface area contributed by atoms with Crippen LogP contribution < -0.4 is 14.8 Å². The molecule has 0 unspecified atom stereocenters. The lowest BCUT2D eigenvalue weighted by molar-refractivity contribution is -0.123. The number of hydrogen-bond acceptors (Lipinski definition) is 3. The Morgan fingerprint density at radius 2 is 1.83 bits per heavy atom. The molecule has 0 radical (unpaired) electrons. The first kappa shape index (κ1) is 15.4. The molecule has 0 bridgehead atoms. The fraction of sp³-hybridized carbons (Fsp3) is 0.316. The largest absolute Gasteiger partial charge is 0.486 e. The standard InChI is InChI=1S/C19H21NO3/c1-2-16(14-8-4-3-5-9-14)19(21)20-12-15-13-22-17-10-6-7-11-18(17)23-15/h3-11,15-16H,2,12-13H2,1H3,(H,20,21)/t15-,16+/m0/s1. The highest BCUT2D eigenvalue weighted by Gasteiger charge is 2.23. The topological polar surface area (TPSA) is 47.6 Å². The molecular weight excluding hydrogens is 290 g/mol. The van der Waals surface area contributed by atoms with Crippen molar-refractivity contribution in [2.24, 2.45) is 0 Å². The van der Waals surface area contributed by atoms with Gasteiger partial charge in [0.1, 0.15) is 12.7 Å². The molecule has 1 amide bonds. The molecule has 0 fully saturated rings. The monoisotopic (exact) mass is 311 g/mol. The molecule has 2 atom stereocenters. The minimum atomic E-state index is -0.165. The normalized spacial score (nSPS) is 17.3. The van der Waals surface area contributed by atoms with E-state index in [1.807, 2.05) is 61.5 Å². The van der Waals surface area contributed by atoms with E-state index in [0.717, 1.165) is 23.5 Å². The summed E-state index contributed by atoms with van der Waals surface area (Å²) in [6, 6.07) is 17.4. The van der Waals surface area contributed by atoms with Gasteiger partial charge in [0.15, 0.2) is 11.5 Å². The zero-order chi connectivity index (χ0) is 16.1. The number of ether oxygens (including phenoxy) is 2. The van der Waals surface area contributed by atoms with Crippen LogP contribution in [-0.2, 0) is 4.79 Å². The van der Waals surface area contributed by atoms with E-state index in [1.54, 1.807) is 0 Å². The summed E-state index contributed by atoms with van der Waals surface area (Å²) in [5, 5.41) is 2.99. The highest BCUT2D eigenvalue weighted by molar-refractivity contribution is 5.83. The van der Waals surface area contributed by atoms with E-state index in [4.69, 9.17) is 9.47 Å². The SMILES string of the molecule is CC[C@@H](C(=O)NC[C@H]1COc2ccccc2O1)c1ccccc1. The van der Waals surface area contributed by atoms with Gasteiger partial charge in [-0.1, -0.05) is 49.4 Å². The Bertz CT molecular complexity index is 657. The van der Waals surface area contributed by atoms with Crippen molar-refractivity contribution in [3.05, 3.63) is 60.2 Å². The maximum atomic E-state index is 12.5. The lowest BCUT2D eigenvalue weighted by atomic mass is 9.95. The average Bonchev–Trinajstić information content (AvgIpc) is 2.61. The predicted octanol–water partition coefficient (Wildman–Crippen LogP) is 3.14. The molecule has 1 aliphatic rings. The summed E-state index contributed by atoms with van der Waals surface area (Å²) >= 11 is 0. The predicted molar refractivity (Wildman–Crippen MR) is 88.8 cm³/mol. The Morgan fingerprint density at radius 1 is 1.13 bits per heavy atom. The summed E-state index contributed by atoms with van der Waals surface area (Å²) in [5.74, 6) is 1.38. The van der Waals surface area contributed by atoms with Gasteiger partial charge in [-0.3, -0.25) is 4.79 Å². The van der Waals surface area contributed by atoms with E-state index in [0.29, 0.717) is 13.2 Å². The maximum Gasteiger partial charge on any atom is 0.227 e. The molecule has 1 aliphatic heterocycles. The number of hydrogen-bond donors (Lipinski definition) is 1. The molecule has 4 heteroatoms. The average molecular weight is 311 g/mol. The van der Waals surface area contributed by atoms with Crippen molar-refractivity contribution in [3.63, 3.8) is 0 Å². The molecule has 0 aliphatic carbocycles. The highest BCUT2D eigenvalue weighted by atomic mass is 16.6. The van der Waals surface area contributed by atoms with Crippen LogP contribution in [0, 0.1) is 0 Å². The first-order valence-corrected chi connectivity index (χ1v) is 7.99. The van der Waals surface area contributed by atoms with Crippen LogP contribution in [0.25, 0.3) is 0 Å². The van der Waals surface area contributed by atoms with Gasteiger partial charge in [-0.2, -0.15) is 0 Å². The minimum Gasteiger partial charge on any atom is -0.486 e. The second kappa shape index (κ2) is 7.18. The number of fused-ring (bicyclic) bond motifs is 1. The van der Waals surface area contributed by atoms with E-state index < -0.39 is 0 Å². The summed E-state index contributed by atoms with van der Waals surface area (Å²) in [6.07, 6.45) is 0.600. The number of carbonyl (C=O) groups excluding carboxylic acids is 1. The summed E-state index contributed by atoms with van der Waals surface area (Å²) in [4.78, 5) is 12.5. The van der Waals surface area contributed by atoms with Crippen LogP contribution in [0.1, 0.15) is 24.8 Å². The van der Waals surface area contributed by atoms with Crippen LogP contribution in [0.15, 0.2) is 54.6 Å². The Balaban J connectivity index is 1.57. The van der Waals surface area contributed by atoms with E-state index in [1.165, 1.54) is 0 Å². The Morgan fingerprint density at radius 3 is 2.57 bits per heavy atom. The van der Waals surface area contributed by atoms with Gasteiger partial charge in [0.05, 0.1) is 12.5 Å². The number of para-hydroxylation sites is 2. The van der Waals surface area contributed by atoms with Crippen molar-refractivity contribution in [2.45, 2.75) is 25.4 Å². The van der Waals surface area contributed by atoms with E-state index in [2.05, 4.69) is 5.32 Å². The fourth-order valence-corrected chi connectivity index (χ4v) is 2.76. The van der Waals surface area contributed by atoms with Crippen molar-refractivity contribution in [2.75, 3.05) is 13.2 Å². The number of rotatable bonds is 5. The van der Waals surface area contributed by atoms with Gasteiger partial charge in [-0.25, -0.2) is 0 Å². The van der Waals surface area contributed by atoms with Gasteiger partial charge in [0.2, 0.25) is 5.91 Å². The molecule has 4 nitrogen and oxygen atoms in total. The molecule has 2 aromatic carbocycles. The molecule has 23 heavy (non-hydrogen) atoms. The van der Waals surface area contributed by atoms with Crippen LogP contribution >= 0.6 is 0 Å². The lowest BCUT2D eigenvalue weighted by Crippen LogP contribution is -2.42. The van der Waals surface area contributed by atoms with Crippen molar-refractivity contribution >= 4 is 5.91 Å². The molecule has 2 aromatic rings. The van der Waals surface area contributed by atoms with Gasteiger partial charge >= 0.3 is 0 Å². The summed E-state index contributed by atoms with van der Waals surface area (Å²) in [7, 11) is 0. The Kier molecular flexibility index (Phi) is 4.81. The summed E-state index contributed by atoms with van der Waals surface area (Å²) < 4.78 is 11.5. The first-order valence-electron chi connectivity index (χ1n) is 7.99. The van der Waals surface area contributed by atoms with Gasteiger partial charge in [0.25, 0.3) is 0 Å². The number of amides is 1. The minimum absolute atomic E-state index is 0.0289. The summed E-state index contributed by atoms with van der Waals surface area (Å²) in [5.41, 5.74) is 1.04. The lowest BCUT2D eigenvalue weighted by Gasteiger charge is -2.27. The number of carbonyl (C=O) groups is 1. The van der Waals surface area contributed by atoms with E-state index >= 15 is 0 Å². The number of nitrogens with one attached hydrogen (secondary N) is 1. The maximum absolute atomic E-state index is 12.5. The van der Waals surface area contributed by atoms with Crippen molar-refractivity contribution in [1.29, 1.82) is 0 Å². The van der Waals surface area contributed by atoms with Gasteiger partial charge < -0.3 is 14.8 Å². The molecule has 1 N–H and O–H groups in total. The van der Waals surface area contributed by atoms with Crippen LogP contribution in [0.3, 0.4) is 0 Å². The van der Waals surface area contributed by atoms with E-state index in [9.17, 15) is 4.79 Å². The summed E-state index contributed by atoms with van der Waals surface area (Å²) in [6.45, 7) is 2.91. The van der Waals surface area contributed by atoms with Gasteiger partial charge in [0, 0.05) is 0 Å². The smallest absolute Gasteiger partial charge is 0.227 e. The van der Waals surface area contributed by atoms with Crippen LogP contribution in [0.4, 0.5) is 0 Å². The third-order valence-electron chi connectivity index (χ3n) is 4.00.